The zero-order valence-electron chi connectivity index (χ0n) is 14.8. The first-order chi connectivity index (χ1) is 12.0. The molecule has 1 heterocycles. The van der Waals surface area contributed by atoms with E-state index in [1.807, 2.05) is 43.3 Å². The molecule has 25 heavy (non-hydrogen) atoms. The number of hydrogen-bond donors (Lipinski definition) is 2. The third-order valence-electron chi connectivity index (χ3n) is 3.96. The summed E-state index contributed by atoms with van der Waals surface area (Å²) in [5, 5.41) is 5.82. The van der Waals surface area contributed by atoms with E-state index in [9.17, 15) is 9.59 Å². The molecular weight excluding hydrogens is 316 g/mol. The van der Waals surface area contributed by atoms with Gasteiger partial charge in [0.15, 0.2) is 0 Å². The Morgan fingerprint density at radius 2 is 1.92 bits per heavy atom. The average Bonchev–Trinajstić information content (AvgIpc) is 2.60. The molecule has 0 fully saturated rings. The van der Waals surface area contributed by atoms with Crippen molar-refractivity contribution in [1.29, 1.82) is 0 Å². The molecule has 0 aliphatic rings. The fourth-order valence-corrected chi connectivity index (χ4v) is 2.47. The second-order valence-electron chi connectivity index (χ2n) is 5.92. The molecule has 0 radical (unpaired) electrons. The SMILES string of the molecule is CC[C@@H](NC(=O)Nc1cccc(CN(C)C(C)=O)c1)c1ccncc1. The highest BCUT2D eigenvalue weighted by molar-refractivity contribution is 5.89. The molecule has 2 rings (SSSR count). The smallest absolute Gasteiger partial charge is 0.319 e. The molecule has 132 valence electrons. The highest BCUT2D eigenvalue weighted by Crippen LogP contribution is 2.16. The molecule has 0 bridgehead atoms. The molecule has 2 aromatic rings. The number of anilines is 1. The number of nitrogens with zero attached hydrogens (tertiary/aromatic N) is 2. The zero-order chi connectivity index (χ0) is 18.2. The van der Waals surface area contributed by atoms with Crippen LogP contribution in [0.1, 0.15) is 37.4 Å². The Kier molecular flexibility index (Phi) is 6.51. The second kappa shape index (κ2) is 8.82. The lowest BCUT2D eigenvalue weighted by molar-refractivity contribution is -0.128. The van der Waals surface area contributed by atoms with Gasteiger partial charge in [0, 0.05) is 38.6 Å². The largest absolute Gasteiger partial charge is 0.342 e. The average molecular weight is 340 g/mol. The zero-order valence-corrected chi connectivity index (χ0v) is 14.8. The normalized spacial score (nSPS) is 11.5. The van der Waals surface area contributed by atoms with Crippen molar-refractivity contribution in [3.8, 4) is 0 Å². The summed E-state index contributed by atoms with van der Waals surface area (Å²) in [5.41, 5.74) is 2.66. The van der Waals surface area contributed by atoms with Gasteiger partial charge in [-0.25, -0.2) is 4.79 Å². The first-order valence-electron chi connectivity index (χ1n) is 8.27. The van der Waals surface area contributed by atoms with Crippen LogP contribution in [-0.2, 0) is 11.3 Å². The minimum atomic E-state index is -0.263. The Balaban J connectivity index is 1.99. The van der Waals surface area contributed by atoms with E-state index >= 15 is 0 Å². The number of hydrogen-bond acceptors (Lipinski definition) is 3. The maximum Gasteiger partial charge on any atom is 0.319 e. The molecular formula is C19H24N4O2. The van der Waals surface area contributed by atoms with Crippen LogP contribution in [0.15, 0.2) is 48.8 Å². The van der Waals surface area contributed by atoms with Crippen LogP contribution in [0, 0.1) is 0 Å². The van der Waals surface area contributed by atoms with Gasteiger partial charge in [-0.2, -0.15) is 0 Å². The fraction of sp³-hybridized carbons (Fsp3) is 0.316. The van der Waals surface area contributed by atoms with Crippen molar-refractivity contribution in [3.05, 3.63) is 59.9 Å². The lowest BCUT2D eigenvalue weighted by atomic mass is 10.1. The predicted molar refractivity (Wildman–Crippen MR) is 98.0 cm³/mol. The number of aromatic nitrogens is 1. The van der Waals surface area contributed by atoms with Crippen LogP contribution in [0.3, 0.4) is 0 Å². The van der Waals surface area contributed by atoms with E-state index in [2.05, 4.69) is 15.6 Å². The molecule has 0 aliphatic carbocycles. The van der Waals surface area contributed by atoms with Gasteiger partial charge < -0.3 is 15.5 Å². The summed E-state index contributed by atoms with van der Waals surface area (Å²) in [5.74, 6) is -0.000700. The van der Waals surface area contributed by atoms with E-state index in [0.717, 1.165) is 17.5 Å². The topological polar surface area (TPSA) is 74.3 Å². The van der Waals surface area contributed by atoms with Gasteiger partial charge in [-0.3, -0.25) is 9.78 Å². The van der Waals surface area contributed by atoms with Crippen molar-refractivity contribution in [2.24, 2.45) is 0 Å². The Morgan fingerprint density at radius 1 is 1.20 bits per heavy atom. The Bertz CT molecular complexity index is 718. The van der Waals surface area contributed by atoms with Crippen LogP contribution in [0.25, 0.3) is 0 Å². The Labute approximate surface area is 148 Å². The van der Waals surface area contributed by atoms with Crippen molar-refractivity contribution in [1.82, 2.24) is 15.2 Å². The molecule has 0 unspecified atom stereocenters. The maximum absolute atomic E-state index is 12.3. The van der Waals surface area contributed by atoms with Gasteiger partial charge >= 0.3 is 6.03 Å². The van der Waals surface area contributed by atoms with E-state index in [0.29, 0.717) is 12.2 Å². The second-order valence-corrected chi connectivity index (χ2v) is 5.92. The number of amides is 3. The molecule has 1 aromatic carbocycles. The first kappa shape index (κ1) is 18.4. The summed E-state index contributed by atoms with van der Waals surface area (Å²) in [6.45, 7) is 4.05. The number of rotatable bonds is 6. The van der Waals surface area contributed by atoms with Gasteiger partial charge in [-0.05, 0) is 41.8 Å². The van der Waals surface area contributed by atoms with Crippen LogP contribution >= 0.6 is 0 Å². The third-order valence-corrected chi connectivity index (χ3v) is 3.96. The monoisotopic (exact) mass is 340 g/mol. The number of nitrogens with one attached hydrogen (secondary N) is 2. The van der Waals surface area contributed by atoms with E-state index in [4.69, 9.17) is 0 Å². The highest BCUT2D eigenvalue weighted by Gasteiger charge is 2.13. The molecule has 0 saturated heterocycles. The summed E-state index contributed by atoms with van der Waals surface area (Å²) < 4.78 is 0. The number of benzene rings is 1. The van der Waals surface area contributed by atoms with Crippen LogP contribution in [-0.4, -0.2) is 28.9 Å². The van der Waals surface area contributed by atoms with Crippen LogP contribution in [0.2, 0.25) is 0 Å². The van der Waals surface area contributed by atoms with E-state index in [-0.39, 0.29) is 18.0 Å². The van der Waals surface area contributed by atoms with Gasteiger partial charge in [-0.1, -0.05) is 19.1 Å². The minimum absolute atomic E-state index is 0.000700. The maximum atomic E-state index is 12.3. The summed E-state index contributed by atoms with van der Waals surface area (Å²) in [4.78, 5) is 29.3. The van der Waals surface area contributed by atoms with Gasteiger partial charge in [0.05, 0.1) is 6.04 Å². The quantitative estimate of drug-likeness (QED) is 0.847. The van der Waals surface area contributed by atoms with E-state index < -0.39 is 0 Å². The molecule has 0 spiro atoms. The van der Waals surface area contributed by atoms with Gasteiger partial charge in [-0.15, -0.1) is 0 Å². The fourth-order valence-electron chi connectivity index (χ4n) is 2.47. The summed E-state index contributed by atoms with van der Waals surface area (Å²) in [7, 11) is 1.75. The number of carbonyl (C=O) groups excluding carboxylic acids is 2. The summed E-state index contributed by atoms with van der Waals surface area (Å²) in [6.07, 6.45) is 4.21. The van der Waals surface area contributed by atoms with Gasteiger partial charge in [0.1, 0.15) is 0 Å². The molecule has 6 nitrogen and oxygen atoms in total. The van der Waals surface area contributed by atoms with E-state index in [1.54, 1.807) is 24.3 Å². The lowest BCUT2D eigenvalue weighted by Gasteiger charge is -2.18. The highest BCUT2D eigenvalue weighted by atomic mass is 16.2. The molecule has 1 atom stereocenters. The van der Waals surface area contributed by atoms with Crippen molar-refractivity contribution >= 4 is 17.6 Å². The van der Waals surface area contributed by atoms with Gasteiger partial charge in [0.2, 0.25) is 5.91 Å². The minimum Gasteiger partial charge on any atom is -0.342 e. The number of pyridine rings is 1. The Morgan fingerprint density at radius 3 is 2.56 bits per heavy atom. The molecule has 0 saturated carbocycles. The summed E-state index contributed by atoms with van der Waals surface area (Å²) >= 11 is 0. The van der Waals surface area contributed by atoms with Crippen molar-refractivity contribution < 1.29 is 9.59 Å². The lowest BCUT2D eigenvalue weighted by Crippen LogP contribution is -2.32. The summed E-state index contributed by atoms with van der Waals surface area (Å²) in [6, 6.07) is 10.9. The molecule has 2 N–H and O–H groups in total. The molecule has 3 amide bonds. The van der Waals surface area contributed by atoms with Crippen molar-refractivity contribution in [3.63, 3.8) is 0 Å². The van der Waals surface area contributed by atoms with Crippen LogP contribution in [0.4, 0.5) is 10.5 Å². The van der Waals surface area contributed by atoms with Crippen LogP contribution in [0.5, 0.6) is 0 Å². The standard InChI is InChI=1S/C19H24N4O2/c1-4-18(16-8-10-20-11-9-16)22-19(25)21-17-7-5-6-15(12-17)13-23(3)14(2)24/h5-12,18H,4,13H2,1-3H3,(H2,21,22,25)/t18-/m1/s1. The van der Waals surface area contributed by atoms with Gasteiger partial charge in [0.25, 0.3) is 0 Å². The van der Waals surface area contributed by atoms with Crippen molar-refractivity contribution in [2.75, 3.05) is 12.4 Å². The molecule has 6 heteroatoms. The molecule has 1 aromatic heterocycles. The predicted octanol–water partition coefficient (Wildman–Crippen LogP) is 3.33. The number of carbonyl (C=O) groups is 2. The molecule has 0 aliphatic heterocycles. The van der Waals surface area contributed by atoms with Crippen LogP contribution < -0.4 is 10.6 Å². The van der Waals surface area contributed by atoms with Crippen molar-refractivity contribution in [2.45, 2.75) is 32.9 Å². The number of urea groups is 1. The van der Waals surface area contributed by atoms with E-state index in [1.165, 1.54) is 6.92 Å². The Hall–Kier alpha value is -2.89. The first-order valence-corrected chi connectivity index (χ1v) is 8.27. The third kappa shape index (κ3) is 5.60.